The quantitative estimate of drug-likeness (QED) is 0.693. The van der Waals surface area contributed by atoms with Gasteiger partial charge in [-0.3, -0.25) is 4.79 Å². The minimum Gasteiger partial charge on any atom is -0.504 e. The third-order valence-corrected chi connectivity index (χ3v) is 3.53. The Bertz CT molecular complexity index is 852. The Labute approximate surface area is 127 Å². The number of amides is 1. The Kier molecular flexibility index (Phi) is 3.47. The molecule has 0 aliphatic rings. The number of aromatic nitrogens is 1. The number of phenolic OH excluding ortho intramolecular Hbond substituents is 1. The average Bonchev–Trinajstić information content (AvgIpc) is 2.98. The van der Waals surface area contributed by atoms with Crippen molar-refractivity contribution in [1.29, 1.82) is 0 Å². The first-order chi connectivity index (χ1) is 10.6. The lowest BCUT2D eigenvalue weighted by Crippen LogP contribution is -2.13. The second kappa shape index (κ2) is 5.44. The maximum atomic E-state index is 12.5. The number of fused-ring (bicyclic) bond motifs is 1. The molecule has 2 aromatic carbocycles. The Morgan fingerprint density at radius 2 is 2.09 bits per heavy atom. The number of anilines is 1. The van der Waals surface area contributed by atoms with E-state index in [2.05, 4.69) is 10.3 Å². The molecular formula is C17H16N2O3. The fourth-order valence-corrected chi connectivity index (χ4v) is 2.46. The summed E-state index contributed by atoms with van der Waals surface area (Å²) in [6.45, 7) is 1.84. The van der Waals surface area contributed by atoms with Gasteiger partial charge in [-0.1, -0.05) is 6.07 Å². The maximum Gasteiger partial charge on any atom is 0.259 e. The Balaban J connectivity index is 1.98. The SMILES string of the molecule is COc1cc(C)cc(C(=O)Nc2cccc3[nH]ccc23)c1O. The van der Waals surface area contributed by atoms with Crippen molar-refractivity contribution in [2.45, 2.75) is 6.92 Å². The van der Waals surface area contributed by atoms with Gasteiger partial charge in [-0.15, -0.1) is 0 Å². The number of phenols is 1. The van der Waals surface area contributed by atoms with Gasteiger partial charge in [0.05, 0.1) is 18.4 Å². The summed E-state index contributed by atoms with van der Waals surface area (Å²) in [7, 11) is 1.46. The van der Waals surface area contributed by atoms with Crippen LogP contribution in [-0.4, -0.2) is 23.1 Å². The molecule has 5 heteroatoms. The predicted molar refractivity (Wildman–Crippen MR) is 85.6 cm³/mol. The molecule has 0 fully saturated rings. The first-order valence-electron chi connectivity index (χ1n) is 6.85. The highest BCUT2D eigenvalue weighted by atomic mass is 16.5. The molecule has 5 nitrogen and oxygen atoms in total. The molecule has 0 bridgehead atoms. The fraction of sp³-hybridized carbons (Fsp3) is 0.118. The van der Waals surface area contributed by atoms with Crippen LogP contribution in [0.5, 0.6) is 11.5 Å². The number of carbonyl (C=O) groups excluding carboxylic acids is 1. The smallest absolute Gasteiger partial charge is 0.259 e. The van der Waals surface area contributed by atoms with Gasteiger partial charge in [0.25, 0.3) is 5.91 Å². The minimum absolute atomic E-state index is 0.160. The minimum atomic E-state index is -0.381. The lowest BCUT2D eigenvalue weighted by molar-refractivity contribution is 0.102. The number of benzene rings is 2. The van der Waals surface area contributed by atoms with Crippen LogP contribution >= 0.6 is 0 Å². The molecule has 0 unspecified atom stereocenters. The van der Waals surface area contributed by atoms with Crippen LogP contribution in [0.15, 0.2) is 42.6 Å². The number of ether oxygens (including phenoxy) is 1. The van der Waals surface area contributed by atoms with Crippen molar-refractivity contribution in [3.8, 4) is 11.5 Å². The largest absolute Gasteiger partial charge is 0.504 e. The van der Waals surface area contributed by atoms with Gasteiger partial charge in [0.1, 0.15) is 0 Å². The van der Waals surface area contributed by atoms with Crippen molar-refractivity contribution in [3.05, 3.63) is 53.7 Å². The lowest BCUT2D eigenvalue weighted by atomic mass is 10.1. The summed E-state index contributed by atoms with van der Waals surface area (Å²) in [6, 6.07) is 10.8. The summed E-state index contributed by atoms with van der Waals surface area (Å²) in [5, 5.41) is 13.9. The van der Waals surface area contributed by atoms with E-state index >= 15 is 0 Å². The number of aromatic hydroxyl groups is 1. The Hall–Kier alpha value is -2.95. The molecule has 0 aliphatic heterocycles. The monoisotopic (exact) mass is 296 g/mol. The summed E-state index contributed by atoms with van der Waals surface area (Å²) in [6.07, 6.45) is 1.81. The molecule has 1 heterocycles. The zero-order valence-electron chi connectivity index (χ0n) is 12.3. The molecule has 3 N–H and O–H groups in total. The number of rotatable bonds is 3. The second-order valence-electron chi connectivity index (χ2n) is 5.06. The van der Waals surface area contributed by atoms with Crippen LogP contribution in [0, 0.1) is 6.92 Å². The van der Waals surface area contributed by atoms with Gasteiger partial charge >= 0.3 is 0 Å². The molecule has 0 aliphatic carbocycles. The molecule has 3 rings (SSSR count). The molecule has 0 atom stereocenters. The number of aromatic amines is 1. The molecule has 0 radical (unpaired) electrons. The Morgan fingerprint density at radius 3 is 2.86 bits per heavy atom. The van der Waals surface area contributed by atoms with Gasteiger partial charge in [0.15, 0.2) is 11.5 Å². The van der Waals surface area contributed by atoms with Crippen molar-refractivity contribution in [1.82, 2.24) is 4.98 Å². The summed E-state index contributed by atoms with van der Waals surface area (Å²) < 4.78 is 5.09. The fourth-order valence-electron chi connectivity index (χ4n) is 2.46. The number of nitrogens with one attached hydrogen (secondary N) is 2. The predicted octanol–water partition coefficient (Wildman–Crippen LogP) is 3.44. The number of hydrogen-bond acceptors (Lipinski definition) is 3. The van der Waals surface area contributed by atoms with E-state index in [0.29, 0.717) is 5.69 Å². The number of H-pyrrole nitrogens is 1. The molecule has 3 aromatic rings. The summed E-state index contributed by atoms with van der Waals surface area (Å²) in [5.41, 5.74) is 2.64. The van der Waals surface area contributed by atoms with Crippen LogP contribution in [0.2, 0.25) is 0 Å². The zero-order chi connectivity index (χ0) is 15.7. The van der Waals surface area contributed by atoms with Gasteiger partial charge in [-0.05, 0) is 42.8 Å². The van der Waals surface area contributed by atoms with E-state index in [1.165, 1.54) is 7.11 Å². The molecule has 112 valence electrons. The van der Waals surface area contributed by atoms with E-state index in [0.717, 1.165) is 16.5 Å². The van der Waals surface area contributed by atoms with Crippen molar-refractivity contribution < 1.29 is 14.6 Å². The molecule has 1 amide bonds. The van der Waals surface area contributed by atoms with E-state index in [1.807, 2.05) is 37.4 Å². The summed E-state index contributed by atoms with van der Waals surface area (Å²) >= 11 is 0. The van der Waals surface area contributed by atoms with Crippen molar-refractivity contribution in [2.24, 2.45) is 0 Å². The van der Waals surface area contributed by atoms with Gasteiger partial charge in [0.2, 0.25) is 0 Å². The van der Waals surface area contributed by atoms with Gasteiger partial charge in [-0.2, -0.15) is 0 Å². The third kappa shape index (κ3) is 2.37. The van der Waals surface area contributed by atoms with E-state index < -0.39 is 0 Å². The number of carbonyl (C=O) groups is 1. The van der Waals surface area contributed by atoms with Crippen molar-refractivity contribution in [2.75, 3.05) is 12.4 Å². The first kappa shape index (κ1) is 14.0. The number of hydrogen-bond donors (Lipinski definition) is 3. The topological polar surface area (TPSA) is 74.3 Å². The number of methoxy groups -OCH3 is 1. The highest BCUT2D eigenvalue weighted by Gasteiger charge is 2.17. The van der Waals surface area contributed by atoms with E-state index in [9.17, 15) is 9.90 Å². The van der Waals surface area contributed by atoms with Crippen LogP contribution < -0.4 is 10.1 Å². The zero-order valence-corrected chi connectivity index (χ0v) is 12.3. The molecule has 1 aromatic heterocycles. The van der Waals surface area contributed by atoms with Crippen LogP contribution in [0.3, 0.4) is 0 Å². The van der Waals surface area contributed by atoms with Crippen LogP contribution in [0.4, 0.5) is 5.69 Å². The van der Waals surface area contributed by atoms with Crippen LogP contribution in [-0.2, 0) is 0 Å². The second-order valence-corrected chi connectivity index (χ2v) is 5.06. The summed E-state index contributed by atoms with van der Waals surface area (Å²) in [5.74, 6) is -0.259. The van der Waals surface area contributed by atoms with Crippen LogP contribution in [0.1, 0.15) is 15.9 Å². The van der Waals surface area contributed by atoms with Gasteiger partial charge in [-0.25, -0.2) is 0 Å². The maximum absolute atomic E-state index is 12.5. The highest BCUT2D eigenvalue weighted by molar-refractivity contribution is 6.10. The third-order valence-electron chi connectivity index (χ3n) is 3.53. The van der Waals surface area contributed by atoms with Crippen molar-refractivity contribution >= 4 is 22.5 Å². The Morgan fingerprint density at radius 1 is 1.27 bits per heavy atom. The lowest BCUT2D eigenvalue weighted by Gasteiger charge is -2.11. The molecular weight excluding hydrogens is 280 g/mol. The standard InChI is InChI=1S/C17H16N2O3/c1-10-8-12(16(20)15(9-10)22-2)17(21)19-14-5-3-4-13-11(14)6-7-18-13/h3-9,18,20H,1-2H3,(H,19,21). The van der Waals surface area contributed by atoms with E-state index in [-0.39, 0.29) is 23.0 Å². The molecule has 0 spiro atoms. The normalized spacial score (nSPS) is 10.6. The number of aryl methyl sites for hydroxylation is 1. The summed E-state index contributed by atoms with van der Waals surface area (Å²) in [4.78, 5) is 15.6. The van der Waals surface area contributed by atoms with E-state index in [1.54, 1.807) is 12.1 Å². The van der Waals surface area contributed by atoms with Gasteiger partial charge < -0.3 is 20.1 Å². The van der Waals surface area contributed by atoms with E-state index in [4.69, 9.17) is 4.74 Å². The van der Waals surface area contributed by atoms with Gasteiger partial charge in [0, 0.05) is 17.1 Å². The first-order valence-corrected chi connectivity index (χ1v) is 6.85. The molecule has 0 saturated heterocycles. The molecule has 0 saturated carbocycles. The van der Waals surface area contributed by atoms with Crippen LogP contribution in [0.25, 0.3) is 10.9 Å². The van der Waals surface area contributed by atoms with Crippen molar-refractivity contribution in [3.63, 3.8) is 0 Å². The highest BCUT2D eigenvalue weighted by Crippen LogP contribution is 2.32. The molecule has 22 heavy (non-hydrogen) atoms. The average molecular weight is 296 g/mol.